The lowest BCUT2D eigenvalue weighted by atomic mass is 9.96. The smallest absolute Gasteiger partial charge is 0.135 e. The molecule has 110 valence electrons. The van der Waals surface area contributed by atoms with Gasteiger partial charge in [0.05, 0.1) is 17.3 Å². The molecule has 5 heteroatoms. The molecule has 2 unspecified atom stereocenters. The average Bonchev–Trinajstić information content (AvgIpc) is 2.69. The SMILES string of the molecule is CNC1CC2CCC(C1)N2c1cc(OC)c(Br)cc1Br. The third kappa shape index (κ3) is 2.48. The van der Waals surface area contributed by atoms with Crippen LogP contribution in [0.4, 0.5) is 5.69 Å². The predicted molar refractivity (Wildman–Crippen MR) is 89.8 cm³/mol. The molecule has 1 aromatic carbocycles. The topological polar surface area (TPSA) is 24.5 Å². The zero-order valence-electron chi connectivity index (χ0n) is 11.8. The third-order valence-corrected chi connectivity index (χ3v) is 5.90. The van der Waals surface area contributed by atoms with Crippen LogP contribution in [-0.4, -0.2) is 32.3 Å². The molecule has 0 aromatic heterocycles. The minimum absolute atomic E-state index is 0.647. The van der Waals surface area contributed by atoms with E-state index in [-0.39, 0.29) is 0 Å². The van der Waals surface area contributed by atoms with Crippen LogP contribution in [0.2, 0.25) is 0 Å². The number of hydrogen-bond acceptors (Lipinski definition) is 3. The second-order valence-corrected chi connectivity index (χ2v) is 7.40. The molecule has 0 aliphatic carbocycles. The van der Waals surface area contributed by atoms with Gasteiger partial charge in [-0.2, -0.15) is 0 Å². The zero-order valence-corrected chi connectivity index (χ0v) is 15.0. The molecule has 2 atom stereocenters. The minimum atomic E-state index is 0.647. The average molecular weight is 404 g/mol. The maximum absolute atomic E-state index is 5.46. The second-order valence-electron chi connectivity index (χ2n) is 5.69. The van der Waals surface area contributed by atoms with E-state index in [2.05, 4.69) is 61.3 Å². The number of anilines is 1. The Bertz CT molecular complexity index is 495. The molecule has 3 rings (SSSR count). The van der Waals surface area contributed by atoms with Crippen LogP contribution in [0.3, 0.4) is 0 Å². The highest BCUT2D eigenvalue weighted by atomic mass is 79.9. The summed E-state index contributed by atoms with van der Waals surface area (Å²) < 4.78 is 7.60. The number of benzene rings is 1. The van der Waals surface area contributed by atoms with Crippen molar-refractivity contribution in [2.45, 2.75) is 43.8 Å². The Kier molecular flexibility index (Phi) is 4.29. The first kappa shape index (κ1) is 14.7. The van der Waals surface area contributed by atoms with Crippen molar-refractivity contribution >= 4 is 37.5 Å². The van der Waals surface area contributed by atoms with Crippen molar-refractivity contribution < 1.29 is 4.74 Å². The number of hydrogen-bond donors (Lipinski definition) is 1. The van der Waals surface area contributed by atoms with Gasteiger partial charge in [0.1, 0.15) is 5.75 Å². The van der Waals surface area contributed by atoms with Crippen molar-refractivity contribution in [3.05, 3.63) is 21.1 Å². The highest BCUT2D eigenvalue weighted by molar-refractivity contribution is 9.11. The molecule has 0 radical (unpaired) electrons. The van der Waals surface area contributed by atoms with Gasteiger partial charge in [0.2, 0.25) is 0 Å². The van der Waals surface area contributed by atoms with Gasteiger partial charge in [-0.1, -0.05) is 0 Å². The van der Waals surface area contributed by atoms with E-state index in [0.29, 0.717) is 18.1 Å². The standard InChI is InChI=1S/C15H20Br2N2O/c1-18-9-5-10-3-4-11(6-9)19(10)14-8-15(20-2)13(17)7-12(14)16/h7-11,18H,3-6H2,1-2H3. The van der Waals surface area contributed by atoms with E-state index in [0.717, 1.165) is 14.7 Å². The normalized spacial score (nSPS) is 28.8. The van der Waals surface area contributed by atoms with Gasteiger partial charge in [0, 0.05) is 28.7 Å². The van der Waals surface area contributed by atoms with Crippen LogP contribution in [0.5, 0.6) is 5.75 Å². The van der Waals surface area contributed by atoms with E-state index in [9.17, 15) is 0 Å². The largest absolute Gasteiger partial charge is 0.495 e. The van der Waals surface area contributed by atoms with Crippen molar-refractivity contribution in [1.82, 2.24) is 5.32 Å². The second kappa shape index (κ2) is 5.85. The summed E-state index contributed by atoms with van der Waals surface area (Å²) in [6.07, 6.45) is 5.07. The van der Waals surface area contributed by atoms with Crippen LogP contribution in [0.25, 0.3) is 0 Å². The highest BCUT2D eigenvalue weighted by Gasteiger charge is 2.41. The monoisotopic (exact) mass is 402 g/mol. The summed E-state index contributed by atoms with van der Waals surface area (Å²) in [6.45, 7) is 0. The van der Waals surface area contributed by atoms with E-state index < -0.39 is 0 Å². The van der Waals surface area contributed by atoms with E-state index >= 15 is 0 Å². The molecule has 1 N–H and O–H groups in total. The molecule has 2 aliphatic heterocycles. The Morgan fingerprint density at radius 1 is 1.15 bits per heavy atom. The van der Waals surface area contributed by atoms with Crippen LogP contribution < -0.4 is 15.0 Å². The van der Waals surface area contributed by atoms with Gasteiger partial charge in [0.15, 0.2) is 0 Å². The Labute approximate surface area is 137 Å². The summed E-state index contributed by atoms with van der Waals surface area (Å²) in [5.41, 5.74) is 1.27. The maximum Gasteiger partial charge on any atom is 0.135 e. The molecule has 3 nitrogen and oxygen atoms in total. The summed E-state index contributed by atoms with van der Waals surface area (Å²) in [6, 6.07) is 6.21. The molecule has 1 aromatic rings. The Balaban J connectivity index is 1.94. The van der Waals surface area contributed by atoms with Crippen molar-refractivity contribution in [2.24, 2.45) is 0 Å². The molecule has 20 heavy (non-hydrogen) atoms. The van der Waals surface area contributed by atoms with Crippen molar-refractivity contribution in [1.29, 1.82) is 0 Å². The fourth-order valence-corrected chi connectivity index (χ4v) is 5.04. The molecular weight excluding hydrogens is 384 g/mol. The molecule has 0 spiro atoms. The van der Waals surface area contributed by atoms with Crippen LogP contribution in [0.1, 0.15) is 25.7 Å². The number of fused-ring (bicyclic) bond motifs is 2. The van der Waals surface area contributed by atoms with E-state index in [1.54, 1.807) is 7.11 Å². The van der Waals surface area contributed by atoms with Gasteiger partial charge in [0.25, 0.3) is 0 Å². The fourth-order valence-electron chi connectivity index (χ4n) is 3.68. The number of nitrogens with one attached hydrogen (secondary N) is 1. The molecule has 0 amide bonds. The van der Waals surface area contributed by atoms with Crippen LogP contribution >= 0.6 is 31.9 Å². The van der Waals surface area contributed by atoms with Gasteiger partial charge < -0.3 is 15.0 Å². The van der Waals surface area contributed by atoms with Crippen molar-refractivity contribution in [3.8, 4) is 5.75 Å². The summed E-state index contributed by atoms with van der Waals surface area (Å²) >= 11 is 7.27. The van der Waals surface area contributed by atoms with Crippen molar-refractivity contribution in [3.63, 3.8) is 0 Å². The fraction of sp³-hybridized carbons (Fsp3) is 0.600. The van der Waals surface area contributed by atoms with Crippen LogP contribution in [-0.2, 0) is 0 Å². The zero-order chi connectivity index (χ0) is 14.3. The number of nitrogens with zero attached hydrogens (tertiary/aromatic N) is 1. The number of piperidine rings is 1. The predicted octanol–water partition coefficient (Wildman–Crippen LogP) is 3.94. The third-order valence-electron chi connectivity index (χ3n) is 4.64. The quantitative estimate of drug-likeness (QED) is 0.827. The van der Waals surface area contributed by atoms with E-state index in [1.807, 2.05) is 0 Å². The first-order chi connectivity index (χ1) is 9.63. The lowest BCUT2D eigenvalue weighted by molar-refractivity contribution is 0.372. The molecule has 0 saturated carbocycles. The maximum atomic E-state index is 5.46. The Morgan fingerprint density at radius 2 is 1.80 bits per heavy atom. The van der Waals surface area contributed by atoms with Gasteiger partial charge in [-0.3, -0.25) is 0 Å². The van der Waals surface area contributed by atoms with E-state index in [4.69, 9.17) is 4.74 Å². The number of halogens is 2. The summed E-state index contributed by atoms with van der Waals surface area (Å²) in [5, 5.41) is 3.45. The molecule has 2 aliphatic rings. The summed E-state index contributed by atoms with van der Waals surface area (Å²) in [5.74, 6) is 0.901. The van der Waals surface area contributed by atoms with Gasteiger partial charge in [-0.25, -0.2) is 0 Å². The lowest BCUT2D eigenvalue weighted by Crippen LogP contribution is -2.48. The Hall–Kier alpha value is -0.260. The molecule has 2 fully saturated rings. The molecule has 2 saturated heterocycles. The van der Waals surface area contributed by atoms with Crippen molar-refractivity contribution in [2.75, 3.05) is 19.1 Å². The highest BCUT2D eigenvalue weighted by Crippen LogP contribution is 2.44. The number of rotatable bonds is 3. The van der Waals surface area contributed by atoms with Crippen LogP contribution in [0.15, 0.2) is 21.1 Å². The lowest BCUT2D eigenvalue weighted by Gasteiger charge is -2.41. The number of ether oxygens (including phenoxy) is 1. The Morgan fingerprint density at radius 3 is 2.35 bits per heavy atom. The summed E-state index contributed by atoms with van der Waals surface area (Å²) in [4.78, 5) is 2.60. The first-order valence-corrected chi connectivity index (χ1v) is 8.71. The number of methoxy groups -OCH3 is 1. The molecular formula is C15H20Br2N2O. The van der Waals surface area contributed by atoms with Gasteiger partial charge >= 0.3 is 0 Å². The summed E-state index contributed by atoms with van der Waals surface area (Å²) in [7, 11) is 3.80. The van der Waals surface area contributed by atoms with Gasteiger partial charge in [-0.15, -0.1) is 0 Å². The van der Waals surface area contributed by atoms with Gasteiger partial charge in [-0.05, 0) is 70.7 Å². The van der Waals surface area contributed by atoms with E-state index in [1.165, 1.54) is 31.4 Å². The van der Waals surface area contributed by atoms with Crippen LogP contribution in [0, 0.1) is 0 Å². The first-order valence-electron chi connectivity index (χ1n) is 7.12. The minimum Gasteiger partial charge on any atom is -0.495 e. The molecule has 2 heterocycles. The molecule has 2 bridgehead atoms.